The molecule has 2 rings (SSSR count). The van der Waals surface area contributed by atoms with Gasteiger partial charge in [0.1, 0.15) is 5.69 Å². The molecule has 106 valence electrons. The first-order chi connectivity index (χ1) is 9.47. The lowest BCUT2D eigenvalue weighted by Crippen LogP contribution is -2.26. The second-order valence-electron chi connectivity index (χ2n) is 5.11. The average molecular weight is 272 g/mol. The number of nitrogens with two attached hydrogens (primary N) is 1. The molecule has 5 nitrogen and oxygen atoms in total. The van der Waals surface area contributed by atoms with Crippen LogP contribution in [0.4, 0.5) is 5.69 Å². The zero-order chi connectivity index (χ0) is 14.7. The minimum atomic E-state index is -0.140. The number of rotatable bonds is 4. The predicted octanol–water partition coefficient (Wildman–Crippen LogP) is 2.28. The van der Waals surface area contributed by atoms with Gasteiger partial charge in [-0.1, -0.05) is 6.07 Å². The van der Waals surface area contributed by atoms with Crippen LogP contribution in [0.5, 0.6) is 0 Å². The number of nitrogens with zero attached hydrogens (tertiary/aromatic N) is 2. The largest absolute Gasteiger partial charge is 0.397 e. The van der Waals surface area contributed by atoms with E-state index in [1.54, 1.807) is 12.3 Å². The fraction of sp³-hybridized carbons (Fsp3) is 0.333. The predicted molar refractivity (Wildman–Crippen MR) is 79.4 cm³/mol. The zero-order valence-electron chi connectivity index (χ0n) is 12.1. The Balaban J connectivity index is 2.09. The molecule has 0 fully saturated rings. The topological polar surface area (TPSA) is 72.9 Å². The fourth-order valence-electron chi connectivity index (χ4n) is 2.07. The second-order valence-corrected chi connectivity index (χ2v) is 5.11. The van der Waals surface area contributed by atoms with E-state index < -0.39 is 0 Å². The van der Waals surface area contributed by atoms with Crippen molar-refractivity contribution < 1.29 is 4.79 Å². The van der Waals surface area contributed by atoms with Crippen LogP contribution in [0.3, 0.4) is 0 Å². The van der Waals surface area contributed by atoms with E-state index >= 15 is 0 Å². The summed E-state index contributed by atoms with van der Waals surface area (Å²) in [6.45, 7) is 6.36. The molecule has 0 aromatic carbocycles. The van der Waals surface area contributed by atoms with Crippen LogP contribution in [-0.4, -0.2) is 15.5 Å². The molecule has 5 heteroatoms. The molecule has 0 saturated carbocycles. The Kier molecular flexibility index (Phi) is 4.08. The summed E-state index contributed by atoms with van der Waals surface area (Å²) >= 11 is 0. The number of aryl methyl sites for hydroxylation is 1. The molecule has 0 aliphatic carbocycles. The standard InChI is InChI=1S/C15H20N4O/c1-10(2)19-9-12(16)7-14(19)15(20)17-8-13-6-4-5-11(3)18-13/h4-7,9-10H,8,16H2,1-3H3,(H,17,20). The Morgan fingerprint density at radius 3 is 2.85 bits per heavy atom. The molecule has 20 heavy (non-hydrogen) atoms. The fourth-order valence-corrected chi connectivity index (χ4v) is 2.07. The number of nitrogens with one attached hydrogen (secondary N) is 1. The van der Waals surface area contributed by atoms with Crippen LogP contribution in [0.2, 0.25) is 0 Å². The molecular formula is C15H20N4O. The minimum Gasteiger partial charge on any atom is -0.397 e. The first-order valence-electron chi connectivity index (χ1n) is 6.65. The second kappa shape index (κ2) is 5.77. The number of hydrogen-bond acceptors (Lipinski definition) is 3. The van der Waals surface area contributed by atoms with E-state index in [4.69, 9.17) is 5.73 Å². The summed E-state index contributed by atoms with van der Waals surface area (Å²) in [5.41, 5.74) is 8.72. The molecule has 2 aromatic rings. The number of nitrogen functional groups attached to an aromatic ring is 1. The maximum absolute atomic E-state index is 12.2. The summed E-state index contributed by atoms with van der Waals surface area (Å²) in [6, 6.07) is 7.63. The van der Waals surface area contributed by atoms with Gasteiger partial charge in [0.25, 0.3) is 5.91 Å². The molecule has 0 aliphatic heterocycles. The summed E-state index contributed by atoms with van der Waals surface area (Å²) in [6.07, 6.45) is 1.78. The molecule has 0 radical (unpaired) electrons. The molecule has 2 heterocycles. The summed E-state index contributed by atoms with van der Waals surface area (Å²) < 4.78 is 1.87. The van der Waals surface area contributed by atoms with E-state index in [1.807, 2.05) is 43.5 Å². The third kappa shape index (κ3) is 3.17. The maximum Gasteiger partial charge on any atom is 0.268 e. The Bertz CT molecular complexity index is 616. The molecular weight excluding hydrogens is 252 g/mol. The average Bonchev–Trinajstić information content (AvgIpc) is 2.78. The van der Waals surface area contributed by atoms with Gasteiger partial charge in [-0.3, -0.25) is 9.78 Å². The van der Waals surface area contributed by atoms with E-state index in [9.17, 15) is 4.79 Å². The molecule has 0 saturated heterocycles. The molecule has 2 aromatic heterocycles. The molecule has 0 atom stereocenters. The third-order valence-electron chi connectivity index (χ3n) is 3.03. The van der Waals surface area contributed by atoms with E-state index in [0.29, 0.717) is 17.9 Å². The highest BCUT2D eigenvalue weighted by Gasteiger charge is 2.14. The number of pyridine rings is 1. The lowest BCUT2D eigenvalue weighted by atomic mass is 10.3. The lowest BCUT2D eigenvalue weighted by Gasteiger charge is -2.12. The van der Waals surface area contributed by atoms with Gasteiger partial charge in [0.05, 0.1) is 17.9 Å². The van der Waals surface area contributed by atoms with Gasteiger partial charge >= 0.3 is 0 Å². The van der Waals surface area contributed by atoms with Crippen molar-refractivity contribution in [1.29, 1.82) is 0 Å². The quantitative estimate of drug-likeness (QED) is 0.896. The van der Waals surface area contributed by atoms with Gasteiger partial charge in [-0.25, -0.2) is 0 Å². The van der Waals surface area contributed by atoms with E-state index in [1.165, 1.54) is 0 Å². The van der Waals surface area contributed by atoms with Crippen molar-refractivity contribution in [3.05, 3.63) is 47.5 Å². The molecule has 0 spiro atoms. The van der Waals surface area contributed by atoms with Gasteiger partial charge < -0.3 is 15.6 Å². The van der Waals surface area contributed by atoms with Crippen molar-refractivity contribution in [3.63, 3.8) is 0 Å². The van der Waals surface area contributed by atoms with Crippen LogP contribution in [-0.2, 0) is 6.54 Å². The van der Waals surface area contributed by atoms with E-state index in [0.717, 1.165) is 11.4 Å². The van der Waals surface area contributed by atoms with E-state index in [2.05, 4.69) is 10.3 Å². The summed E-state index contributed by atoms with van der Waals surface area (Å²) in [5.74, 6) is -0.140. The summed E-state index contributed by atoms with van der Waals surface area (Å²) in [4.78, 5) is 16.6. The van der Waals surface area contributed by atoms with Gasteiger partial charge in [-0.05, 0) is 39.0 Å². The first-order valence-corrected chi connectivity index (χ1v) is 6.65. The van der Waals surface area contributed by atoms with Crippen LogP contribution in [0.15, 0.2) is 30.5 Å². The molecule has 0 aliphatic rings. The summed E-state index contributed by atoms with van der Waals surface area (Å²) in [5, 5.41) is 2.87. The van der Waals surface area contributed by atoms with Gasteiger partial charge in [0.15, 0.2) is 0 Å². The molecule has 0 unspecified atom stereocenters. The highest BCUT2D eigenvalue weighted by Crippen LogP contribution is 2.16. The van der Waals surface area contributed by atoms with Gasteiger partial charge in [0.2, 0.25) is 0 Å². The van der Waals surface area contributed by atoms with Crippen LogP contribution in [0.1, 0.15) is 41.8 Å². The van der Waals surface area contributed by atoms with Crippen molar-refractivity contribution in [1.82, 2.24) is 14.9 Å². The minimum absolute atomic E-state index is 0.140. The van der Waals surface area contributed by atoms with Crippen molar-refractivity contribution in [2.24, 2.45) is 0 Å². The summed E-state index contributed by atoms with van der Waals surface area (Å²) in [7, 11) is 0. The van der Waals surface area contributed by atoms with Crippen molar-refractivity contribution in [2.45, 2.75) is 33.4 Å². The van der Waals surface area contributed by atoms with Crippen molar-refractivity contribution in [2.75, 3.05) is 5.73 Å². The normalized spacial score (nSPS) is 10.8. The Labute approximate surface area is 118 Å². The number of aromatic nitrogens is 2. The SMILES string of the molecule is Cc1cccc(CNC(=O)c2cc(N)cn2C(C)C)n1. The number of amides is 1. The Hall–Kier alpha value is -2.30. The van der Waals surface area contributed by atoms with Crippen LogP contribution >= 0.6 is 0 Å². The van der Waals surface area contributed by atoms with Crippen LogP contribution < -0.4 is 11.1 Å². The highest BCUT2D eigenvalue weighted by atomic mass is 16.1. The van der Waals surface area contributed by atoms with E-state index in [-0.39, 0.29) is 11.9 Å². The third-order valence-corrected chi connectivity index (χ3v) is 3.03. The van der Waals surface area contributed by atoms with Gasteiger partial charge in [0, 0.05) is 17.9 Å². The van der Waals surface area contributed by atoms with Gasteiger partial charge in [-0.2, -0.15) is 0 Å². The molecule has 0 bridgehead atoms. The number of hydrogen-bond donors (Lipinski definition) is 2. The smallest absolute Gasteiger partial charge is 0.268 e. The monoisotopic (exact) mass is 272 g/mol. The molecule has 3 N–H and O–H groups in total. The highest BCUT2D eigenvalue weighted by molar-refractivity contribution is 5.93. The first kappa shape index (κ1) is 14.1. The van der Waals surface area contributed by atoms with Crippen molar-refractivity contribution >= 4 is 11.6 Å². The maximum atomic E-state index is 12.2. The number of carbonyl (C=O) groups is 1. The van der Waals surface area contributed by atoms with Crippen LogP contribution in [0, 0.1) is 6.92 Å². The Morgan fingerprint density at radius 1 is 1.45 bits per heavy atom. The number of carbonyl (C=O) groups excluding carboxylic acids is 1. The van der Waals surface area contributed by atoms with Gasteiger partial charge in [-0.15, -0.1) is 0 Å². The van der Waals surface area contributed by atoms with Crippen molar-refractivity contribution in [3.8, 4) is 0 Å². The van der Waals surface area contributed by atoms with Crippen LogP contribution in [0.25, 0.3) is 0 Å². The Morgan fingerprint density at radius 2 is 2.20 bits per heavy atom. The number of anilines is 1. The zero-order valence-corrected chi connectivity index (χ0v) is 12.1. The molecule has 1 amide bonds. The lowest BCUT2D eigenvalue weighted by molar-refractivity contribution is 0.0939.